The maximum atomic E-state index is 11.0. The smallest absolute Gasteiger partial charge is 0.411 e. The largest absolute Gasteiger partial charge is 0.462 e. The first-order valence-electron chi connectivity index (χ1n) is 6.08. The molecule has 0 bridgehead atoms. The molecule has 0 saturated carbocycles. The van der Waals surface area contributed by atoms with Crippen LogP contribution in [-0.4, -0.2) is 18.3 Å². The number of furan rings is 1. The van der Waals surface area contributed by atoms with Crippen LogP contribution < -0.4 is 10.6 Å². The molecule has 0 fully saturated rings. The Kier molecular flexibility index (Phi) is 4.62. The van der Waals surface area contributed by atoms with E-state index in [1.807, 2.05) is 18.2 Å². The van der Waals surface area contributed by atoms with Crippen LogP contribution in [0.1, 0.15) is 11.5 Å². The predicted octanol–water partition coefficient (Wildman–Crippen LogP) is 2.56. The van der Waals surface area contributed by atoms with Gasteiger partial charge in [0.15, 0.2) is 0 Å². The molecule has 0 atom stereocenters. The Morgan fingerprint density at radius 2 is 1.80 bits per heavy atom. The highest BCUT2D eigenvalue weighted by atomic mass is 16.5. The predicted molar refractivity (Wildman–Crippen MR) is 74.4 cm³/mol. The summed E-state index contributed by atoms with van der Waals surface area (Å²) in [5.41, 5.74) is 1.55. The summed E-state index contributed by atoms with van der Waals surface area (Å²) >= 11 is 0. The Bertz CT molecular complexity index is 563. The van der Waals surface area contributed by atoms with Crippen LogP contribution >= 0.6 is 0 Å². The molecular weight excluding hydrogens is 260 g/mol. The van der Waals surface area contributed by atoms with Crippen LogP contribution in [0.2, 0.25) is 0 Å². The molecule has 0 aliphatic rings. The van der Waals surface area contributed by atoms with Crippen LogP contribution in [0.4, 0.5) is 16.2 Å². The lowest BCUT2D eigenvalue weighted by atomic mass is 10.2. The van der Waals surface area contributed by atoms with E-state index in [0.29, 0.717) is 18.0 Å². The minimum atomic E-state index is -0.502. The van der Waals surface area contributed by atoms with Crippen LogP contribution in [0.3, 0.4) is 0 Å². The first-order valence-corrected chi connectivity index (χ1v) is 6.08. The SMILES string of the molecule is COC(=O)Nc1ccc(NCc2ccc(CO)o2)cc1. The van der Waals surface area contributed by atoms with Crippen molar-refractivity contribution in [3.05, 3.63) is 47.9 Å². The van der Waals surface area contributed by atoms with Crippen LogP contribution in [0, 0.1) is 0 Å². The van der Waals surface area contributed by atoms with Crippen LogP contribution in [0.25, 0.3) is 0 Å². The number of carbonyl (C=O) groups is 1. The van der Waals surface area contributed by atoms with Crippen molar-refractivity contribution in [1.29, 1.82) is 0 Å². The minimum absolute atomic E-state index is 0.103. The number of methoxy groups -OCH3 is 1. The summed E-state index contributed by atoms with van der Waals surface area (Å²) < 4.78 is 9.86. The molecule has 0 aliphatic carbocycles. The Balaban J connectivity index is 1.88. The van der Waals surface area contributed by atoms with Crippen LogP contribution in [0.5, 0.6) is 0 Å². The van der Waals surface area contributed by atoms with Crippen LogP contribution in [-0.2, 0) is 17.9 Å². The van der Waals surface area contributed by atoms with E-state index in [1.54, 1.807) is 18.2 Å². The fourth-order valence-corrected chi connectivity index (χ4v) is 1.63. The van der Waals surface area contributed by atoms with Gasteiger partial charge >= 0.3 is 6.09 Å². The number of hydrogen-bond acceptors (Lipinski definition) is 5. The molecule has 3 N–H and O–H groups in total. The molecular formula is C14H16N2O4. The third-order valence-corrected chi connectivity index (χ3v) is 2.66. The molecule has 106 valence electrons. The molecule has 2 rings (SSSR count). The van der Waals surface area contributed by atoms with E-state index in [4.69, 9.17) is 9.52 Å². The number of hydrogen-bond donors (Lipinski definition) is 3. The van der Waals surface area contributed by atoms with E-state index in [1.165, 1.54) is 7.11 Å². The summed E-state index contributed by atoms with van der Waals surface area (Å²) in [6.45, 7) is 0.414. The van der Waals surface area contributed by atoms with Gasteiger partial charge in [-0.15, -0.1) is 0 Å². The lowest BCUT2D eigenvalue weighted by Crippen LogP contribution is -2.10. The molecule has 0 saturated heterocycles. The Hall–Kier alpha value is -2.47. The molecule has 0 unspecified atom stereocenters. The number of amides is 1. The molecule has 2 aromatic rings. The average Bonchev–Trinajstić information content (AvgIpc) is 2.94. The van der Waals surface area contributed by atoms with Gasteiger partial charge in [0.25, 0.3) is 0 Å². The number of rotatable bonds is 5. The van der Waals surface area contributed by atoms with Crippen molar-refractivity contribution in [2.75, 3.05) is 17.7 Å². The molecule has 6 heteroatoms. The van der Waals surface area contributed by atoms with E-state index in [9.17, 15) is 4.79 Å². The average molecular weight is 276 g/mol. The van der Waals surface area contributed by atoms with E-state index in [2.05, 4.69) is 15.4 Å². The van der Waals surface area contributed by atoms with Crippen molar-refractivity contribution in [1.82, 2.24) is 0 Å². The number of nitrogens with one attached hydrogen (secondary N) is 2. The third kappa shape index (κ3) is 3.76. The molecule has 0 aliphatic heterocycles. The summed E-state index contributed by atoms with van der Waals surface area (Å²) in [5, 5.41) is 14.6. The zero-order valence-corrected chi connectivity index (χ0v) is 11.1. The maximum absolute atomic E-state index is 11.0. The lowest BCUT2D eigenvalue weighted by Gasteiger charge is -2.07. The zero-order valence-electron chi connectivity index (χ0n) is 11.1. The van der Waals surface area contributed by atoms with Crippen molar-refractivity contribution >= 4 is 17.5 Å². The second-order valence-electron chi connectivity index (χ2n) is 4.07. The van der Waals surface area contributed by atoms with Gasteiger partial charge in [-0.05, 0) is 36.4 Å². The summed E-state index contributed by atoms with van der Waals surface area (Å²) in [7, 11) is 1.31. The van der Waals surface area contributed by atoms with E-state index >= 15 is 0 Å². The lowest BCUT2D eigenvalue weighted by molar-refractivity contribution is 0.187. The molecule has 0 spiro atoms. The van der Waals surface area contributed by atoms with Gasteiger partial charge in [-0.2, -0.15) is 0 Å². The summed E-state index contributed by atoms with van der Waals surface area (Å²) in [4.78, 5) is 11.0. The summed E-state index contributed by atoms with van der Waals surface area (Å²) in [5.74, 6) is 1.28. The summed E-state index contributed by atoms with van der Waals surface area (Å²) in [6, 6.07) is 10.7. The first kappa shape index (κ1) is 14.0. The van der Waals surface area contributed by atoms with Crippen molar-refractivity contribution < 1.29 is 19.1 Å². The van der Waals surface area contributed by atoms with Gasteiger partial charge in [-0.3, -0.25) is 5.32 Å². The molecule has 1 aromatic carbocycles. The Morgan fingerprint density at radius 3 is 2.40 bits per heavy atom. The second kappa shape index (κ2) is 6.63. The number of benzene rings is 1. The fraction of sp³-hybridized carbons (Fsp3) is 0.214. The van der Waals surface area contributed by atoms with Gasteiger partial charge in [-0.1, -0.05) is 0 Å². The van der Waals surface area contributed by atoms with Crippen molar-refractivity contribution in [3.63, 3.8) is 0 Å². The van der Waals surface area contributed by atoms with Crippen molar-refractivity contribution in [2.24, 2.45) is 0 Å². The highest BCUT2D eigenvalue weighted by molar-refractivity contribution is 5.84. The zero-order chi connectivity index (χ0) is 14.4. The van der Waals surface area contributed by atoms with Gasteiger partial charge in [0.2, 0.25) is 0 Å². The third-order valence-electron chi connectivity index (χ3n) is 2.66. The molecule has 20 heavy (non-hydrogen) atoms. The van der Waals surface area contributed by atoms with Gasteiger partial charge in [0, 0.05) is 11.4 Å². The normalized spacial score (nSPS) is 10.1. The van der Waals surface area contributed by atoms with Crippen LogP contribution in [0.15, 0.2) is 40.8 Å². The fourth-order valence-electron chi connectivity index (χ4n) is 1.63. The van der Waals surface area contributed by atoms with E-state index in [0.717, 1.165) is 11.4 Å². The van der Waals surface area contributed by atoms with Crippen molar-refractivity contribution in [2.45, 2.75) is 13.2 Å². The van der Waals surface area contributed by atoms with Gasteiger partial charge in [0.05, 0.1) is 13.7 Å². The second-order valence-corrected chi connectivity index (χ2v) is 4.07. The molecule has 1 amide bonds. The number of aliphatic hydroxyl groups excluding tert-OH is 1. The molecule has 1 aromatic heterocycles. The Labute approximate surface area is 116 Å². The number of ether oxygens (including phenoxy) is 1. The van der Waals surface area contributed by atoms with E-state index in [-0.39, 0.29) is 6.61 Å². The molecule has 0 radical (unpaired) electrons. The van der Waals surface area contributed by atoms with Crippen molar-refractivity contribution in [3.8, 4) is 0 Å². The van der Waals surface area contributed by atoms with E-state index < -0.39 is 6.09 Å². The minimum Gasteiger partial charge on any atom is -0.462 e. The monoisotopic (exact) mass is 276 g/mol. The highest BCUT2D eigenvalue weighted by Gasteiger charge is 2.02. The number of anilines is 2. The molecule has 1 heterocycles. The van der Waals surface area contributed by atoms with Gasteiger partial charge in [-0.25, -0.2) is 4.79 Å². The topological polar surface area (TPSA) is 83.7 Å². The highest BCUT2D eigenvalue weighted by Crippen LogP contribution is 2.15. The number of aliphatic hydroxyl groups is 1. The summed E-state index contributed by atoms with van der Waals surface area (Å²) in [6.07, 6.45) is -0.502. The number of carbonyl (C=O) groups excluding carboxylic acids is 1. The molecule has 6 nitrogen and oxygen atoms in total. The Morgan fingerprint density at radius 1 is 1.15 bits per heavy atom. The quantitative estimate of drug-likeness (QED) is 0.781. The first-order chi connectivity index (χ1) is 9.71. The van der Waals surface area contributed by atoms with Gasteiger partial charge < -0.3 is 19.6 Å². The van der Waals surface area contributed by atoms with Gasteiger partial charge in [0.1, 0.15) is 18.1 Å². The standard InChI is InChI=1S/C14H16N2O4/c1-19-14(18)16-11-4-2-10(3-5-11)15-8-12-6-7-13(9-17)20-12/h2-7,15,17H,8-9H2,1H3,(H,16,18). The maximum Gasteiger partial charge on any atom is 0.411 e.